The molecule has 162 valence electrons. The van der Waals surface area contributed by atoms with Crippen LogP contribution in [-0.4, -0.2) is 63.4 Å². The first kappa shape index (κ1) is 23.3. The molecule has 0 saturated heterocycles. The summed E-state index contributed by atoms with van der Waals surface area (Å²) < 4.78 is 44.7. The topological polar surface area (TPSA) is 114 Å². The maximum atomic E-state index is 13.0. The first-order valence-electron chi connectivity index (χ1n) is 9.10. The van der Waals surface area contributed by atoms with Gasteiger partial charge in [-0.15, -0.1) is 9.24 Å². The monoisotopic (exact) mass is 446 g/mol. The molecular weight excluding hydrogens is 419 g/mol. The number of esters is 1. The number of hydrogen-bond acceptors (Lipinski definition) is 7. The number of phenolic OH excluding ortho intramolecular Hbond substituents is 1. The molecule has 0 radical (unpaired) electrons. The van der Waals surface area contributed by atoms with Gasteiger partial charge in [-0.1, -0.05) is 12.2 Å². The van der Waals surface area contributed by atoms with Crippen molar-refractivity contribution in [1.29, 1.82) is 0 Å². The second-order valence-electron chi connectivity index (χ2n) is 6.29. The number of ether oxygens (including phenoxy) is 3. The smallest absolute Gasteiger partial charge is 0.324 e. The molecule has 0 saturated carbocycles. The molecular formula is C18H27N2O7PS. The van der Waals surface area contributed by atoms with Crippen LogP contribution in [-0.2, 0) is 19.7 Å². The summed E-state index contributed by atoms with van der Waals surface area (Å²) in [4.78, 5) is 12.4. The van der Waals surface area contributed by atoms with E-state index in [2.05, 4.69) is 14.0 Å². The minimum absolute atomic E-state index is 0.0348. The van der Waals surface area contributed by atoms with Gasteiger partial charge in [0, 0.05) is 18.7 Å². The highest BCUT2D eigenvalue weighted by Crippen LogP contribution is 2.39. The zero-order valence-electron chi connectivity index (χ0n) is 16.5. The highest BCUT2D eigenvalue weighted by atomic mass is 32.2. The molecule has 2 atom stereocenters. The number of unbranched alkanes of at least 4 members (excludes halogenated alkanes) is 1. The van der Waals surface area contributed by atoms with Gasteiger partial charge in [0.2, 0.25) is 5.75 Å². The fourth-order valence-corrected chi connectivity index (χ4v) is 4.41. The van der Waals surface area contributed by atoms with Crippen molar-refractivity contribution in [3.8, 4) is 17.2 Å². The number of carbonyl (C=O) groups excluding carboxylic acids is 1. The van der Waals surface area contributed by atoms with Gasteiger partial charge in [0.15, 0.2) is 11.5 Å². The Morgan fingerprint density at radius 1 is 1.24 bits per heavy atom. The summed E-state index contributed by atoms with van der Waals surface area (Å²) in [7, 11) is 1.19. The van der Waals surface area contributed by atoms with Crippen molar-refractivity contribution in [2.24, 2.45) is 0 Å². The molecule has 1 aliphatic heterocycles. The standard InChI is InChI=1S/C18H27N2O7PS/c1-25-15-11-13(12-16(26-2)17(15)21)19-29(23,24)20-8-4-3-7-14(20)18(22)27-9-5-6-10-28/h3-4,11-12,14,19,21H,5-10,28H2,1-2H3. The van der Waals surface area contributed by atoms with Crippen molar-refractivity contribution >= 4 is 31.1 Å². The summed E-state index contributed by atoms with van der Waals surface area (Å²) in [6, 6.07) is 1.70. The number of carbonyl (C=O) groups is 1. The number of rotatable bonds is 10. The van der Waals surface area contributed by atoms with Gasteiger partial charge in [0.1, 0.15) is 6.04 Å². The Hall–Kier alpha value is -2.03. The number of anilines is 1. The van der Waals surface area contributed by atoms with Crippen LogP contribution in [0.1, 0.15) is 19.3 Å². The lowest BCUT2D eigenvalue weighted by atomic mass is 10.1. The summed E-state index contributed by atoms with van der Waals surface area (Å²) in [5, 5.41) is 9.99. The molecule has 1 heterocycles. The average molecular weight is 446 g/mol. The number of phenols is 1. The van der Waals surface area contributed by atoms with Gasteiger partial charge in [0.05, 0.1) is 26.5 Å². The Morgan fingerprint density at radius 3 is 2.48 bits per heavy atom. The molecule has 29 heavy (non-hydrogen) atoms. The molecule has 0 spiro atoms. The van der Waals surface area contributed by atoms with Crippen LogP contribution in [0.2, 0.25) is 0 Å². The largest absolute Gasteiger partial charge is 0.502 e. The third kappa shape index (κ3) is 5.98. The maximum Gasteiger partial charge on any atom is 0.324 e. The summed E-state index contributed by atoms with van der Waals surface area (Å²) >= 11 is 0. The van der Waals surface area contributed by atoms with Crippen molar-refractivity contribution in [3.05, 3.63) is 24.3 Å². The lowest BCUT2D eigenvalue weighted by Crippen LogP contribution is -2.49. The first-order valence-corrected chi connectivity index (χ1v) is 11.4. The van der Waals surface area contributed by atoms with E-state index in [4.69, 9.17) is 14.2 Å². The zero-order valence-corrected chi connectivity index (χ0v) is 18.4. The van der Waals surface area contributed by atoms with Crippen LogP contribution in [0.3, 0.4) is 0 Å². The summed E-state index contributed by atoms with van der Waals surface area (Å²) in [6.07, 6.45) is 6.19. The normalized spacial score (nSPS) is 17.0. The van der Waals surface area contributed by atoms with E-state index < -0.39 is 22.2 Å². The van der Waals surface area contributed by atoms with Crippen molar-refractivity contribution in [2.75, 3.05) is 38.3 Å². The molecule has 2 N–H and O–H groups in total. The molecule has 1 aliphatic rings. The summed E-state index contributed by atoms with van der Waals surface area (Å²) in [6.45, 7) is 0.286. The first-order chi connectivity index (χ1) is 13.8. The van der Waals surface area contributed by atoms with E-state index in [1.165, 1.54) is 26.4 Å². The van der Waals surface area contributed by atoms with E-state index in [1.807, 2.05) is 0 Å². The Balaban J connectivity index is 2.19. The van der Waals surface area contributed by atoms with Crippen LogP contribution in [0.4, 0.5) is 5.69 Å². The van der Waals surface area contributed by atoms with E-state index in [0.29, 0.717) is 0 Å². The molecule has 9 nitrogen and oxygen atoms in total. The predicted molar refractivity (Wildman–Crippen MR) is 113 cm³/mol. The molecule has 2 rings (SSSR count). The lowest BCUT2D eigenvalue weighted by Gasteiger charge is -2.30. The molecule has 0 amide bonds. The van der Waals surface area contributed by atoms with Crippen LogP contribution in [0, 0.1) is 0 Å². The maximum absolute atomic E-state index is 13.0. The molecule has 0 fully saturated rings. The minimum Gasteiger partial charge on any atom is -0.502 e. The average Bonchev–Trinajstić information content (AvgIpc) is 2.72. The molecule has 1 aromatic carbocycles. The van der Waals surface area contributed by atoms with Crippen LogP contribution < -0.4 is 14.2 Å². The third-order valence-electron chi connectivity index (χ3n) is 4.31. The highest BCUT2D eigenvalue weighted by molar-refractivity contribution is 7.90. The van der Waals surface area contributed by atoms with Crippen molar-refractivity contribution in [3.63, 3.8) is 0 Å². The molecule has 1 aromatic rings. The second-order valence-corrected chi connectivity index (χ2v) is 8.49. The molecule has 0 bridgehead atoms. The number of benzene rings is 1. The van der Waals surface area contributed by atoms with Gasteiger partial charge in [-0.05, 0) is 25.4 Å². The Bertz CT molecular complexity index is 820. The van der Waals surface area contributed by atoms with E-state index >= 15 is 0 Å². The van der Waals surface area contributed by atoms with Gasteiger partial charge in [-0.3, -0.25) is 9.52 Å². The Morgan fingerprint density at radius 2 is 1.90 bits per heavy atom. The molecule has 2 unspecified atom stereocenters. The number of nitrogens with one attached hydrogen (secondary N) is 1. The fourth-order valence-electron chi connectivity index (χ4n) is 2.80. The predicted octanol–water partition coefficient (Wildman–Crippen LogP) is 1.90. The van der Waals surface area contributed by atoms with Crippen LogP contribution in [0.25, 0.3) is 0 Å². The fraction of sp³-hybridized carbons (Fsp3) is 0.500. The van der Waals surface area contributed by atoms with Crippen molar-refractivity contribution < 1.29 is 32.5 Å². The number of nitrogens with zero attached hydrogens (tertiary/aromatic N) is 1. The van der Waals surface area contributed by atoms with Gasteiger partial charge < -0.3 is 19.3 Å². The lowest BCUT2D eigenvalue weighted by molar-refractivity contribution is -0.148. The number of aromatic hydroxyl groups is 1. The van der Waals surface area contributed by atoms with Crippen LogP contribution in [0.5, 0.6) is 17.2 Å². The molecule has 0 aromatic heterocycles. The number of hydrogen-bond donors (Lipinski definition) is 2. The van der Waals surface area contributed by atoms with Crippen LogP contribution >= 0.6 is 9.24 Å². The summed E-state index contributed by atoms with van der Waals surface area (Å²) in [5.74, 6) is -0.730. The molecule has 11 heteroatoms. The van der Waals surface area contributed by atoms with E-state index in [0.717, 1.165) is 23.3 Å². The zero-order chi connectivity index (χ0) is 21.4. The number of methoxy groups -OCH3 is 2. The van der Waals surface area contributed by atoms with Crippen LogP contribution in [0.15, 0.2) is 24.3 Å². The minimum atomic E-state index is -4.09. The second kappa shape index (κ2) is 10.7. The van der Waals surface area contributed by atoms with Gasteiger partial charge >= 0.3 is 16.2 Å². The SMILES string of the molecule is COc1cc(NS(=O)(=O)N2CC=CCC2C(=O)OCCCCP)cc(OC)c1O. The van der Waals surface area contributed by atoms with E-state index in [-0.39, 0.29) is 42.5 Å². The van der Waals surface area contributed by atoms with Gasteiger partial charge in [-0.2, -0.15) is 12.7 Å². The van der Waals surface area contributed by atoms with Crippen molar-refractivity contribution in [2.45, 2.75) is 25.3 Å². The molecule has 0 aliphatic carbocycles. The van der Waals surface area contributed by atoms with Gasteiger partial charge in [-0.25, -0.2) is 0 Å². The third-order valence-corrected chi connectivity index (χ3v) is 6.23. The quantitative estimate of drug-likeness (QED) is 0.185. The van der Waals surface area contributed by atoms with E-state index in [9.17, 15) is 18.3 Å². The van der Waals surface area contributed by atoms with E-state index in [1.54, 1.807) is 12.2 Å². The Labute approximate surface area is 173 Å². The van der Waals surface area contributed by atoms with Gasteiger partial charge in [0.25, 0.3) is 0 Å². The highest BCUT2D eigenvalue weighted by Gasteiger charge is 2.36. The van der Waals surface area contributed by atoms with Crippen molar-refractivity contribution in [1.82, 2.24) is 4.31 Å². The summed E-state index contributed by atoms with van der Waals surface area (Å²) in [5.41, 5.74) is 0.124. The Kier molecular flexibility index (Phi) is 8.55.